The molecule has 2 aromatic heterocycles. The molecule has 0 saturated carbocycles. The quantitative estimate of drug-likeness (QED) is 0.441. The Balaban J connectivity index is 1.86. The summed E-state index contributed by atoms with van der Waals surface area (Å²) in [5.74, 6) is 0.696. The van der Waals surface area contributed by atoms with Crippen molar-refractivity contribution in [3.05, 3.63) is 34.2 Å². The van der Waals surface area contributed by atoms with Crippen LogP contribution in [0.4, 0.5) is 0 Å². The van der Waals surface area contributed by atoms with Crippen LogP contribution < -0.4 is 20.3 Å². The number of nitrogens with one attached hydrogen (secondary N) is 2. The van der Waals surface area contributed by atoms with E-state index in [9.17, 15) is 13.2 Å². The van der Waals surface area contributed by atoms with Crippen LogP contribution in [0.5, 0.6) is 5.75 Å². The standard InChI is InChI=1S/C20H26N6O4S/c1-4-6-15-17-18(26(3)24-15)20(27)23-19(22-17)14-9-13(7-8-16(14)30-5-2)31(28,29)25-12-10-21-11-12/h7-9,12,21,25H,4-6,10-11H2,1-3H3,(H,22,23,27)/p+1. The molecule has 3 heterocycles. The van der Waals surface area contributed by atoms with E-state index in [1.54, 1.807) is 13.1 Å². The van der Waals surface area contributed by atoms with Crippen LogP contribution in [0.1, 0.15) is 26.0 Å². The Labute approximate surface area is 180 Å². The van der Waals surface area contributed by atoms with Gasteiger partial charge in [-0.25, -0.2) is 13.4 Å². The van der Waals surface area contributed by atoms with Gasteiger partial charge in [0, 0.05) is 7.05 Å². The third-order valence-electron chi connectivity index (χ3n) is 5.29. The maximum Gasteiger partial charge on any atom is 0.277 e. The van der Waals surface area contributed by atoms with Crippen molar-refractivity contribution in [2.75, 3.05) is 19.7 Å². The Morgan fingerprint density at radius 3 is 2.74 bits per heavy atom. The van der Waals surface area contributed by atoms with Crippen LogP contribution >= 0.6 is 0 Å². The summed E-state index contributed by atoms with van der Waals surface area (Å²) in [6.45, 7) is 5.69. The van der Waals surface area contributed by atoms with Gasteiger partial charge >= 0.3 is 0 Å². The number of fused-ring (bicyclic) bond motifs is 1. The van der Waals surface area contributed by atoms with Gasteiger partial charge in [0.2, 0.25) is 10.0 Å². The number of quaternary nitrogens is 1. The van der Waals surface area contributed by atoms with Crippen molar-refractivity contribution < 1.29 is 18.5 Å². The molecule has 1 saturated heterocycles. The normalized spacial score (nSPS) is 14.7. The molecule has 1 aromatic carbocycles. The second-order valence-electron chi connectivity index (χ2n) is 7.60. The lowest BCUT2D eigenvalue weighted by Crippen LogP contribution is -3.00. The number of aromatic amines is 1. The number of nitrogens with zero attached hydrogens (tertiary/aromatic N) is 3. The smallest absolute Gasteiger partial charge is 0.277 e. The van der Waals surface area contributed by atoms with Gasteiger partial charge < -0.3 is 15.0 Å². The summed E-state index contributed by atoms with van der Waals surface area (Å²) in [5, 5.41) is 6.46. The number of hydrogen-bond acceptors (Lipinski definition) is 6. The molecule has 3 aromatic rings. The van der Waals surface area contributed by atoms with E-state index in [1.165, 1.54) is 16.8 Å². The van der Waals surface area contributed by atoms with Gasteiger partial charge in [0.1, 0.15) is 23.1 Å². The molecule has 0 bridgehead atoms. The number of H-pyrrole nitrogens is 1. The molecule has 0 spiro atoms. The van der Waals surface area contributed by atoms with Crippen molar-refractivity contribution in [2.24, 2.45) is 7.05 Å². The molecule has 0 amide bonds. The average Bonchev–Trinajstić information content (AvgIpc) is 3.01. The largest absolute Gasteiger partial charge is 0.493 e. The van der Waals surface area contributed by atoms with Crippen molar-refractivity contribution in [1.29, 1.82) is 0 Å². The van der Waals surface area contributed by atoms with Gasteiger partial charge in [0.15, 0.2) is 5.52 Å². The summed E-state index contributed by atoms with van der Waals surface area (Å²) in [7, 11) is -2.00. The molecule has 0 unspecified atom stereocenters. The molecule has 1 aliphatic rings. The Kier molecular flexibility index (Phi) is 5.82. The number of aryl methyl sites for hydroxylation is 2. The Morgan fingerprint density at radius 2 is 2.10 bits per heavy atom. The van der Waals surface area contributed by atoms with Crippen molar-refractivity contribution in [3.63, 3.8) is 0 Å². The van der Waals surface area contributed by atoms with E-state index < -0.39 is 10.0 Å². The Morgan fingerprint density at radius 1 is 1.32 bits per heavy atom. The number of sulfonamides is 1. The summed E-state index contributed by atoms with van der Waals surface area (Å²) >= 11 is 0. The van der Waals surface area contributed by atoms with Gasteiger partial charge in [0.05, 0.1) is 35.8 Å². The zero-order valence-electron chi connectivity index (χ0n) is 17.8. The van der Waals surface area contributed by atoms with Gasteiger partial charge in [-0.05, 0) is 31.5 Å². The highest BCUT2D eigenvalue weighted by Crippen LogP contribution is 2.31. The minimum atomic E-state index is -3.71. The zero-order chi connectivity index (χ0) is 22.2. The van der Waals surface area contributed by atoms with Gasteiger partial charge in [-0.15, -0.1) is 0 Å². The molecule has 4 rings (SSSR count). The molecule has 10 nitrogen and oxygen atoms in total. The first-order valence-corrected chi connectivity index (χ1v) is 11.9. The van der Waals surface area contributed by atoms with E-state index in [0.717, 1.165) is 25.2 Å². The Hall–Kier alpha value is -2.76. The van der Waals surface area contributed by atoms with Crippen LogP contribution in [0, 0.1) is 0 Å². The lowest BCUT2D eigenvalue weighted by atomic mass is 10.1. The molecular formula is C20H27N6O4S+. The second-order valence-corrected chi connectivity index (χ2v) is 9.32. The van der Waals surface area contributed by atoms with E-state index in [-0.39, 0.29) is 22.3 Å². The summed E-state index contributed by atoms with van der Waals surface area (Å²) in [6.07, 6.45) is 1.54. The van der Waals surface area contributed by atoms with Crippen LogP contribution in [0.15, 0.2) is 27.9 Å². The van der Waals surface area contributed by atoms with Gasteiger partial charge in [-0.1, -0.05) is 13.3 Å². The van der Waals surface area contributed by atoms with Crippen LogP contribution in [-0.4, -0.2) is 53.9 Å². The van der Waals surface area contributed by atoms with Gasteiger partial charge in [0.25, 0.3) is 5.56 Å². The number of benzene rings is 1. The molecule has 0 radical (unpaired) electrons. The van der Waals surface area contributed by atoms with Crippen LogP contribution in [-0.2, 0) is 23.5 Å². The molecule has 0 atom stereocenters. The van der Waals surface area contributed by atoms with Crippen molar-refractivity contribution in [2.45, 2.75) is 37.6 Å². The molecule has 4 N–H and O–H groups in total. The van der Waals surface area contributed by atoms with E-state index >= 15 is 0 Å². The van der Waals surface area contributed by atoms with Crippen molar-refractivity contribution in [3.8, 4) is 17.1 Å². The van der Waals surface area contributed by atoms with Crippen LogP contribution in [0.2, 0.25) is 0 Å². The minimum Gasteiger partial charge on any atom is -0.493 e. The second kappa shape index (κ2) is 8.40. The van der Waals surface area contributed by atoms with E-state index in [4.69, 9.17) is 4.74 Å². The third kappa shape index (κ3) is 4.08. The summed E-state index contributed by atoms with van der Waals surface area (Å²) in [6, 6.07) is 4.51. The number of rotatable bonds is 8. The molecule has 166 valence electrons. The fraction of sp³-hybridized carbons (Fsp3) is 0.450. The summed E-state index contributed by atoms with van der Waals surface area (Å²) in [5.41, 5.74) is 1.71. The van der Waals surface area contributed by atoms with Crippen molar-refractivity contribution in [1.82, 2.24) is 24.5 Å². The number of hydrogen-bond donors (Lipinski definition) is 3. The highest BCUT2D eigenvalue weighted by atomic mass is 32.2. The molecular weight excluding hydrogens is 420 g/mol. The van der Waals surface area contributed by atoms with Crippen LogP contribution in [0.25, 0.3) is 22.4 Å². The van der Waals surface area contributed by atoms with Gasteiger partial charge in [-0.2, -0.15) is 9.82 Å². The first kappa shape index (κ1) is 21.5. The monoisotopic (exact) mass is 447 g/mol. The highest BCUT2D eigenvalue weighted by molar-refractivity contribution is 7.89. The van der Waals surface area contributed by atoms with E-state index in [2.05, 4.69) is 19.8 Å². The molecule has 1 fully saturated rings. The van der Waals surface area contributed by atoms with Gasteiger partial charge in [-0.3, -0.25) is 9.48 Å². The lowest BCUT2D eigenvalue weighted by molar-refractivity contribution is -0.710. The maximum absolute atomic E-state index is 12.8. The first-order valence-electron chi connectivity index (χ1n) is 10.4. The number of nitrogens with two attached hydrogens (primary N) is 1. The molecule has 31 heavy (non-hydrogen) atoms. The number of ether oxygens (including phenoxy) is 1. The predicted molar refractivity (Wildman–Crippen MR) is 115 cm³/mol. The Bertz CT molecular complexity index is 1280. The molecule has 1 aliphatic heterocycles. The fourth-order valence-electron chi connectivity index (χ4n) is 3.64. The van der Waals surface area contributed by atoms with Crippen molar-refractivity contribution >= 4 is 21.1 Å². The topological polar surface area (TPSA) is 136 Å². The van der Waals surface area contributed by atoms with E-state index in [1.807, 2.05) is 19.2 Å². The molecule has 0 aliphatic carbocycles. The highest BCUT2D eigenvalue weighted by Gasteiger charge is 2.29. The SMILES string of the molecule is CCCc1nn(C)c2c(=O)[nH]c(-c3cc(S(=O)(=O)NC4C[NH2+]C4)ccc3OCC)nc12. The average molecular weight is 448 g/mol. The minimum absolute atomic E-state index is 0.0821. The maximum atomic E-state index is 12.8. The molecule has 11 heteroatoms. The number of aromatic nitrogens is 4. The first-order chi connectivity index (χ1) is 14.8. The third-order valence-corrected chi connectivity index (χ3v) is 6.81. The van der Waals surface area contributed by atoms with Crippen LogP contribution in [0.3, 0.4) is 0 Å². The lowest BCUT2D eigenvalue weighted by Gasteiger charge is -2.23. The van der Waals surface area contributed by atoms with E-state index in [0.29, 0.717) is 35.4 Å². The fourth-order valence-corrected chi connectivity index (χ4v) is 4.93. The zero-order valence-corrected chi connectivity index (χ0v) is 18.6. The predicted octanol–water partition coefficient (Wildman–Crippen LogP) is -0.101. The summed E-state index contributed by atoms with van der Waals surface area (Å²) in [4.78, 5) is 20.4. The summed E-state index contributed by atoms with van der Waals surface area (Å²) < 4.78 is 35.6.